The Morgan fingerprint density at radius 1 is 0.378 bits per heavy atom. The van der Waals surface area contributed by atoms with Crippen LogP contribution in [0.1, 0.15) is 144 Å². The van der Waals surface area contributed by atoms with Crippen molar-refractivity contribution in [3.05, 3.63) is 0 Å². The predicted molar refractivity (Wildman–Crippen MR) is 391 cm³/mol. The second-order valence-corrected chi connectivity index (χ2v) is 33.8. The van der Waals surface area contributed by atoms with E-state index in [0.29, 0.717) is 96.7 Å². The zero-order chi connectivity index (χ0) is 82.1. The van der Waals surface area contributed by atoms with Gasteiger partial charge in [0.25, 0.3) is 0 Å². The summed E-state index contributed by atoms with van der Waals surface area (Å²) < 4.78 is 163. The second kappa shape index (κ2) is 58.9. The van der Waals surface area contributed by atoms with Gasteiger partial charge in [0.2, 0.25) is 5.91 Å². The Balaban J connectivity index is 1.61. The molecular weight excluding hydrogens is 1570 g/mol. The molecule has 0 aromatic rings. The molecule has 660 valence electrons. The van der Waals surface area contributed by atoms with E-state index in [9.17, 15) is 93.7 Å². The molecule has 0 aromatic heterocycles. The number of hydrogen-bond donors (Lipinski definition) is 15. The van der Waals surface area contributed by atoms with Crippen LogP contribution in [0.15, 0.2) is 0 Å². The van der Waals surface area contributed by atoms with Crippen molar-refractivity contribution in [2.75, 3.05) is 172 Å². The highest BCUT2D eigenvalue weighted by molar-refractivity contribution is 7.48. The van der Waals surface area contributed by atoms with Crippen LogP contribution in [0.3, 0.4) is 0 Å². The van der Waals surface area contributed by atoms with E-state index in [-0.39, 0.29) is 170 Å². The molecule has 13 unspecified atom stereocenters. The Kier molecular flexibility index (Phi) is 55.3. The Hall–Kier alpha value is -0.970. The molecule has 3 aliphatic heterocycles. The number of phosphoric ester groups is 4. The fourth-order valence-electron chi connectivity index (χ4n) is 11.2. The zero-order valence-corrected chi connectivity index (χ0v) is 68.6. The summed E-state index contributed by atoms with van der Waals surface area (Å²) in [5.41, 5.74) is -1.48. The van der Waals surface area contributed by atoms with Crippen LogP contribution in [0, 0.1) is 23.2 Å². The van der Waals surface area contributed by atoms with E-state index in [2.05, 4.69) is 5.32 Å². The number of rotatable bonds is 70. The van der Waals surface area contributed by atoms with E-state index in [1.807, 2.05) is 13.8 Å². The summed E-state index contributed by atoms with van der Waals surface area (Å²) in [5, 5.41) is 102. The molecule has 0 aromatic carbocycles. The van der Waals surface area contributed by atoms with Crippen LogP contribution in [0.4, 0.5) is 0 Å². The molecule has 3 rings (SSSR count). The predicted octanol–water partition coefficient (Wildman–Crippen LogP) is 2.40. The molecule has 3 heterocycles. The third kappa shape index (κ3) is 45.3. The van der Waals surface area contributed by atoms with E-state index >= 15 is 0 Å². The largest absolute Gasteiger partial charge is 0.472 e. The second-order valence-electron chi connectivity index (χ2n) is 27.9. The van der Waals surface area contributed by atoms with Crippen LogP contribution in [-0.4, -0.2) is 334 Å². The van der Waals surface area contributed by atoms with Gasteiger partial charge in [-0.05, 0) is 84.5 Å². The number of aliphatic hydroxyl groups excluding tert-OH is 10. The first-order valence-corrected chi connectivity index (χ1v) is 44.4. The van der Waals surface area contributed by atoms with E-state index < -0.39 is 161 Å². The molecule has 3 aliphatic rings. The Labute approximate surface area is 651 Å². The quantitative estimate of drug-likeness (QED) is 0.0307. The van der Waals surface area contributed by atoms with Gasteiger partial charge in [0.05, 0.1) is 136 Å². The number of nitrogens with one attached hydrogen (secondary N) is 1. The van der Waals surface area contributed by atoms with Crippen molar-refractivity contribution in [3.8, 4) is 0 Å². The van der Waals surface area contributed by atoms with Crippen LogP contribution in [0.2, 0.25) is 0 Å². The maximum atomic E-state index is 13.5. The Morgan fingerprint density at radius 2 is 0.676 bits per heavy atom. The summed E-state index contributed by atoms with van der Waals surface area (Å²) in [4.78, 5) is 54.1. The first kappa shape index (κ1) is 104. The van der Waals surface area contributed by atoms with Gasteiger partial charge in [0.15, 0.2) is 18.9 Å². The topological polar surface area (TPSA) is 565 Å². The molecule has 111 heavy (non-hydrogen) atoms. The number of carbonyl (C=O) groups is 1. The lowest BCUT2D eigenvalue weighted by atomic mass is 9.92. The van der Waals surface area contributed by atoms with Gasteiger partial charge in [0.1, 0.15) is 48.8 Å². The van der Waals surface area contributed by atoms with Crippen LogP contribution < -0.4 is 5.32 Å². The molecule has 44 heteroatoms. The van der Waals surface area contributed by atoms with Crippen molar-refractivity contribution >= 4 is 37.2 Å². The minimum atomic E-state index is -4.88. The number of carbonyl (C=O) groups excluding carboxylic acids is 1. The van der Waals surface area contributed by atoms with Gasteiger partial charge < -0.3 is 133 Å². The summed E-state index contributed by atoms with van der Waals surface area (Å²) >= 11 is 0. The fourth-order valence-corrected chi connectivity index (χ4v) is 14.5. The Morgan fingerprint density at radius 3 is 1.01 bits per heavy atom. The average molecular weight is 1700 g/mol. The lowest BCUT2D eigenvalue weighted by Gasteiger charge is -2.42. The van der Waals surface area contributed by atoms with E-state index in [1.165, 1.54) is 6.92 Å². The molecule has 21 atom stereocenters. The molecule has 15 N–H and O–H groups in total. The number of hydrogen-bond acceptors (Lipinski definition) is 35. The standard InChI is InChI=1S/C67H133NO39P4/c1-49(2)93-31-18-23-88-43-53(39-69)44-89-24-19-35-103-111(86,87)104-48-67(45-90-25-20-36-100-108(80,81)97-32-15-9-6-12-28-94-64-50(3)58(74)60(76)54(40-70)105-64,46-91-26-21-37-101-109(82,83)98-33-16-10-7-13-29-95-65-51(4)59(75)61(77)55(41-71)106-65)47-92-27-22-38-102-110(84,85)99-34-17-11-8-14-30-96-66-57(68-52(5)73)63(79)62(78)56(42-72)107-66/h49-51,53-66,69-72,74-79H,6-48H2,1-5H3,(H,68,73)(H,80,81)(H,82,83)(H,84,85)(H,86,87)/t50?,51?,53?,54?,55?,56?,57?,58-,59-,60+,61?,62+,63-,64-,65-,66-,67?/m1/s1. The lowest BCUT2D eigenvalue weighted by molar-refractivity contribution is -0.282. The smallest absolute Gasteiger partial charge is 0.396 e. The molecule has 3 fully saturated rings. The van der Waals surface area contributed by atoms with Crippen molar-refractivity contribution in [2.24, 2.45) is 23.2 Å². The highest BCUT2D eigenvalue weighted by Crippen LogP contribution is 2.47. The SMILES string of the molecule is CC(=O)NC1[C@H](OCCCCCCOP(=O)(O)OCCCOCC(COCCCOP(=O)(O)OCCCCCCO[C@@H]2OC(CO)C(O)[C@H](O)C2C)(COCCCOP(=O)(O)OCCCCCCO[C@@H]2OC(CO)[C@H](O)[C@H](O)C2C)COP(=O)(O)OCCCOCC(CO)COCCCOC(C)C)OC(CO)[C@H](O)[C@@H]1O. The van der Waals surface area contributed by atoms with Crippen molar-refractivity contribution in [2.45, 2.75) is 230 Å². The van der Waals surface area contributed by atoms with Crippen LogP contribution in [0.25, 0.3) is 0 Å². The minimum absolute atomic E-state index is 0.00812. The van der Waals surface area contributed by atoms with Gasteiger partial charge in [-0.2, -0.15) is 0 Å². The highest BCUT2D eigenvalue weighted by atomic mass is 31.2. The van der Waals surface area contributed by atoms with Crippen molar-refractivity contribution in [1.29, 1.82) is 0 Å². The summed E-state index contributed by atoms with van der Waals surface area (Å²) in [7, 11) is -18.5. The lowest BCUT2D eigenvalue weighted by Crippen LogP contribution is -2.64. The number of amides is 1. The zero-order valence-electron chi connectivity index (χ0n) is 65.0. The average Bonchev–Trinajstić information content (AvgIpc) is 0.840. The summed E-state index contributed by atoms with van der Waals surface area (Å²) in [6, 6.07) is -1.10. The summed E-state index contributed by atoms with van der Waals surface area (Å²) in [6.45, 7) is 4.84. The van der Waals surface area contributed by atoms with Gasteiger partial charge in [-0.15, -0.1) is 0 Å². The Bertz CT molecular complexity index is 2480. The van der Waals surface area contributed by atoms with Crippen LogP contribution in [-0.2, 0) is 116 Å². The number of ether oxygens (including phenoxy) is 12. The highest BCUT2D eigenvalue weighted by Gasteiger charge is 2.47. The summed E-state index contributed by atoms with van der Waals surface area (Å²) in [6.07, 6.45) is -6.46. The molecule has 1 amide bonds. The van der Waals surface area contributed by atoms with Gasteiger partial charge in [-0.1, -0.05) is 52.4 Å². The molecular formula is C67H133NO39P4. The van der Waals surface area contributed by atoms with E-state index in [4.69, 9.17) is 93.0 Å². The number of unbranched alkanes of at least 4 members (excludes halogenated alkanes) is 9. The van der Waals surface area contributed by atoms with Gasteiger partial charge in [-0.3, -0.25) is 41.0 Å². The first-order valence-electron chi connectivity index (χ1n) is 38.4. The molecule has 3 saturated heterocycles. The van der Waals surface area contributed by atoms with Gasteiger partial charge >= 0.3 is 31.3 Å². The van der Waals surface area contributed by atoms with Crippen LogP contribution >= 0.6 is 31.3 Å². The maximum absolute atomic E-state index is 13.5. The van der Waals surface area contributed by atoms with E-state index in [0.717, 1.165) is 0 Å². The van der Waals surface area contributed by atoms with Gasteiger partial charge in [-0.25, -0.2) is 18.3 Å². The third-order valence-corrected chi connectivity index (χ3v) is 21.7. The van der Waals surface area contributed by atoms with Gasteiger partial charge in [0, 0.05) is 84.1 Å². The van der Waals surface area contributed by atoms with Crippen molar-refractivity contribution < 1.29 is 187 Å². The normalized spacial score (nSPS) is 27.6. The van der Waals surface area contributed by atoms with Crippen molar-refractivity contribution in [1.82, 2.24) is 5.32 Å². The monoisotopic (exact) mass is 1700 g/mol. The molecule has 0 spiro atoms. The molecule has 0 radical (unpaired) electrons. The van der Waals surface area contributed by atoms with E-state index in [1.54, 1.807) is 13.8 Å². The number of aliphatic hydroxyl groups is 10. The minimum Gasteiger partial charge on any atom is -0.396 e. The first-order chi connectivity index (χ1) is 52.8. The number of phosphoric acid groups is 4. The fraction of sp³-hybridized carbons (Fsp3) is 0.985. The molecule has 40 nitrogen and oxygen atoms in total. The summed E-state index contributed by atoms with van der Waals surface area (Å²) in [5.74, 6) is -1.93. The third-order valence-electron chi connectivity index (χ3n) is 17.7. The van der Waals surface area contributed by atoms with Crippen LogP contribution in [0.5, 0.6) is 0 Å². The molecule has 0 bridgehead atoms. The van der Waals surface area contributed by atoms with Crippen molar-refractivity contribution in [3.63, 3.8) is 0 Å². The maximum Gasteiger partial charge on any atom is 0.472 e. The molecule has 0 aliphatic carbocycles. The molecule has 0 saturated carbocycles.